The van der Waals surface area contributed by atoms with Gasteiger partial charge in [-0.2, -0.15) is 0 Å². The first kappa shape index (κ1) is 18.5. The number of rotatable bonds is 4. The predicted octanol–water partition coefficient (Wildman–Crippen LogP) is 3.48. The van der Waals surface area contributed by atoms with Crippen LogP contribution < -0.4 is 4.74 Å². The van der Waals surface area contributed by atoms with Crippen molar-refractivity contribution in [2.24, 2.45) is 0 Å². The maximum Gasteiger partial charge on any atom is 0.261 e. The Hall–Kier alpha value is -1.27. The summed E-state index contributed by atoms with van der Waals surface area (Å²) in [5, 5.41) is 0.595. The number of benzene rings is 1. The van der Waals surface area contributed by atoms with E-state index >= 15 is 0 Å². The number of piperidine rings is 1. The van der Waals surface area contributed by atoms with E-state index in [9.17, 15) is 9.59 Å². The Bertz CT molecular complexity index is 649. The molecule has 2 saturated heterocycles. The summed E-state index contributed by atoms with van der Waals surface area (Å²) in [4.78, 5) is 29.0. The summed E-state index contributed by atoms with van der Waals surface area (Å²) in [6.45, 7) is 2.16. The van der Waals surface area contributed by atoms with Crippen LogP contribution in [0, 0.1) is 0 Å². The highest BCUT2D eigenvalue weighted by Gasteiger charge is 2.35. The molecule has 0 spiro atoms. The zero-order valence-corrected chi connectivity index (χ0v) is 16.4. The van der Waals surface area contributed by atoms with Crippen molar-refractivity contribution in [1.29, 1.82) is 0 Å². The molecule has 5 nitrogen and oxygen atoms in total. The van der Waals surface area contributed by atoms with Crippen LogP contribution in [-0.4, -0.2) is 53.9 Å². The topological polar surface area (TPSA) is 49.9 Å². The summed E-state index contributed by atoms with van der Waals surface area (Å²) in [6.07, 6.45) is 4.77. The summed E-state index contributed by atoms with van der Waals surface area (Å²) < 4.78 is 6.34. The molecule has 3 rings (SSSR count). The quantitative estimate of drug-likeness (QED) is 0.736. The van der Waals surface area contributed by atoms with E-state index in [1.54, 1.807) is 23.1 Å². The second kappa shape index (κ2) is 8.41. The molecule has 0 saturated carbocycles. The van der Waals surface area contributed by atoms with Crippen molar-refractivity contribution >= 4 is 39.3 Å². The molecule has 1 aromatic rings. The fraction of sp³-hybridized carbons (Fsp3) is 0.556. The Balaban J connectivity index is 1.63. The van der Waals surface area contributed by atoms with E-state index in [4.69, 9.17) is 16.3 Å². The van der Waals surface area contributed by atoms with Crippen molar-refractivity contribution in [3.63, 3.8) is 0 Å². The van der Waals surface area contributed by atoms with Gasteiger partial charge >= 0.3 is 0 Å². The molecular weight excluding hydrogens is 408 g/mol. The second-order valence-corrected chi connectivity index (χ2v) is 7.79. The van der Waals surface area contributed by atoms with Crippen LogP contribution in [-0.2, 0) is 9.59 Å². The molecule has 25 heavy (non-hydrogen) atoms. The van der Waals surface area contributed by atoms with Crippen molar-refractivity contribution in [2.75, 3.05) is 26.2 Å². The molecule has 2 heterocycles. The molecule has 1 aromatic carbocycles. The Morgan fingerprint density at radius 3 is 2.60 bits per heavy atom. The molecule has 0 radical (unpaired) electrons. The third-order valence-corrected chi connectivity index (χ3v) is 5.63. The van der Waals surface area contributed by atoms with E-state index in [0.29, 0.717) is 21.8 Å². The van der Waals surface area contributed by atoms with E-state index in [0.717, 1.165) is 45.2 Å². The largest absolute Gasteiger partial charge is 0.483 e. The number of carbonyl (C=O) groups excluding carboxylic acids is 2. The van der Waals surface area contributed by atoms with Crippen LogP contribution in [0.1, 0.15) is 32.1 Å². The molecule has 0 aromatic heterocycles. The fourth-order valence-corrected chi connectivity index (χ4v) is 4.25. The lowest BCUT2D eigenvalue weighted by Crippen LogP contribution is -2.53. The fourth-order valence-electron chi connectivity index (χ4n) is 3.45. The minimum Gasteiger partial charge on any atom is -0.483 e. The third-order valence-electron chi connectivity index (χ3n) is 4.77. The number of likely N-dealkylation sites (tertiary alicyclic amines) is 2. The minimum atomic E-state index is -0.336. The molecule has 0 aliphatic carbocycles. The summed E-state index contributed by atoms with van der Waals surface area (Å²) in [5.74, 6) is 0.523. The van der Waals surface area contributed by atoms with E-state index in [2.05, 4.69) is 15.9 Å². The Labute approximate surface area is 161 Å². The standard InChI is InChI=1S/C18H22BrClN2O3/c19-14-11-13(20)6-7-16(14)25-12-17(23)22-10-2-1-5-15(22)18(24)21-8-3-4-9-21/h6-7,11,15H,1-5,8-10,12H2. The average Bonchev–Trinajstić information content (AvgIpc) is 3.15. The maximum absolute atomic E-state index is 12.8. The smallest absolute Gasteiger partial charge is 0.261 e. The molecule has 0 N–H and O–H groups in total. The highest BCUT2D eigenvalue weighted by molar-refractivity contribution is 9.10. The molecule has 1 unspecified atom stereocenters. The average molecular weight is 430 g/mol. The number of carbonyl (C=O) groups is 2. The SMILES string of the molecule is O=C(C1CCCCN1C(=O)COc1ccc(Cl)cc1Br)N1CCCC1. The maximum atomic E-state index is 12.8. The normalized spacial score (nSPS) is 20.6. The van der Waals surface area contributed by atoms with Crippen LogP contribution in [0.25, 0.3) is 0 Å². The van der Waals surface area contributed by atoms with Gasteiger partial charge < -0.3 is 14.5 Å². The number of halogens is 2. The van der Waals surface area contributed by atoms with Gasteiger partial charge in [0.25, 0.3) is 5.91 Å². The zero-order chi connectivity index (χ0) is 17.8. The third kappa shape index (κ3) is 4.47. The van der Waals surface area contributed by atoms with E-state index in [-0.39, 0.29) is 24.5 Å². The summed E-state index contributed by atoms with van der Waals surface area (Å²) in [5.41, 5.74) is 0. The van der Waals surface area contributed by atoms with Crippen molar-refractivity contribution in [3.05, 3.63) is 27.7 Å². The lowest BCUT2D eigenvalue weighted by atomic mass is 10.0. The van der Waals surface area contributed by atoms with Gasteiger partial charge in [0.05, 0.1) is 4.47 Å². The lowest BCUT2D eigenvalue weighted by Gasteiger charge is -2.36. The molecule has 1 atom stereocenters. The number of nitrogens with zero attached hydrogens (tertiary/aromatic N) is 2. The van der Waals surface area contributed by atoms with Crippen molar-refractivity contribution in [2.45, 2.75) is 38.1 Å². The number of hydrogen-bond donors (Lipinski definition) is 0. The van der Waals surface area contributed by atoms with E-state index < -0.39 is 0 Å². The molecule has 7 heteroatoms. The van der Waals surface area contributed by atoms with Crippen LogP contribution in [0.3, 0.4) is 0 Å². The highest BCUT2D eigenvalue weighted by atomic mass is 79.9. The number of amides is 2. The van der Waals surface area contributed by atoms with Gasteiger partial charge in [0.1, 0.15) is 11.8 Å². The van der Waals surface area contributed by atoms with Crippen molar-refractivity contribution < 1.29 is 14.3 Å². The van der Waals surface area contributed by atoms with Crippen LogP contribution in [0.2, 0.25) is 5.02 Å². The van der Waals surface area contributed by atoms with Crippen LogP contribution in [0.15, 0.2) is 22.7 Å². The molecular formula is C18H22BrClN2O3. The zero-order valence-electron chi connectivity index (χ0n) is 14.0. The van der Waals surface area contributed by atoms with Crippen LogP contribution in [0.5, 0.6) is 5.75 Å². The van der Waals surface area contributed by atoms with Gasteiger partial charge in [-0.15, -0.1) is 0 Å². The molecule has 2 amide bonds. The van der Waals surface area contributed by atoms with E-state index in [1.807, 2.05) is 4.90 Å². The minimum absolute atomic E-state index is 0.0794. The summed E-state index contributed by atoms with van der Waals surface area (Å²) >= 11 is 9.29. The first-order chi connectivity index (χ1) is 12.1. The van der Waals surface area contributed by atoms with Gasteiger partial charge in [0.2, 0.25) is 5.91 Å². The Kier molecular flexibility index (Phi) is 6.23. The van der Waals surface area contributed by atoms with E-state index in [1.165, 1.54) is 0 Å². The number of hydrogen-bond acceptors (Lipinski definition) is 3. The van der Waals surface area contributed by atoms with Gasteiger partial charge in [-0.05, 0) is 66.2 Å². The monoisotopic (exact) mass is 428 g/mol. The molecule has 2 aliphatic heterocycles. The van der Waals surface area contributed by atoms with Crippen LogP contribution in [0.4, 0.5) is 0 Å². The summed E-state index contributed by atoms with van der Waals surface area (Å²) in [7, 11) is 0. The van der Waals surface area contributed by atoms with Gasteiger partial charge in [-0.1, -0.05) is 11.6 Å². The second-order valence-electron chi connectivity index (χ2n) is 6.49. The predicted molar refractivity (Wildman–Crippen MR) is 99.8 cm³/mol. The van der Waals surface area contributed by atoms with Gasteiger partial charge in [-0.3, -0.25) is 9.59 Å². The van der Waals surface area contributed by atoms with Crippen LogP contribution >= 0.6 is 27.5 Å². The molecule has 136 valence electrons. The highest BCUT2D eigenvalue weighted by Crippen LogP contribution is 2.28. The molecule has 0 bridgehead atoms. The van der Waals surface area contributed by atoms with Gasteiger partial charge in [0.15, 0.2) is 6.61 Å². The summed E-state index contributed by atoms with van der Waals surface area (Å²) in [6, 6.07) is 4.83. The molecule has 2 aliphatic rings. The lowest BCUT2D eigenvalue weighted by molar-refractivity contribution is -0.148. The number of ether oxygens (including phenoxy) is 1. The first-order valence-electron chi connectivity index (χ1n) is 8.72. The van der Waals surface area contributed by atoms with Gasteiger partial charge in [-0.25, -0.2) is 0 Å². The van der Waals surface area contributed by atoms with Gasteiger partial charge in [0, 0.05) is 24.7 Å². The van der Waals surface area contributed by atoms with Crippen molar-refractivity contribution in [3.8, 4) is 5.75 Å². The molecule has 2 fully saturated rings. The Morgan fingerprint density at radius 2 is 1.88 bits per heavy atom. The first-order valence-corrected chi connectivity index (χ1v) is 9.89. The van der Waals surface area contributed by atoms with Crippen molar-refractivity contribution in [1.82, 2.24) is 9.80 Å². The Morgan fingerprint density at radius 1 is 1.16 bits per heavy atom.